The molecule has 0 aliphatic heterocycles. The van der Waals surface area contributed by atoms with Gasteiger partial charge in [-0.05, 0) is 42.0 Å². The molecule has 0 radical (unpaired) electrons. The number of carbonyl (C=O) groups is 1. The highest BCUT2D eigenvalue weighted by molar-refractivity contribution is 6.31. The third-order valence-electron chi connectivity index (χ3n) is 4.83. The predicted octanol–water partition coefficient (Wildman–Crippen LogP) is 6.27. The number of rotatable bonds is 9. The van der Waals surface area contributed by atoms with E-state index in [4.69, 9.17) is 21.1 Å². The molecule has 0 unspecified atom stereocenters. The van der Waals surface area contributed by atoms with E-state index in [1.807, 2.05) is 38.1 Å². The van der Waals surface area contributed by atoms with Gasteiger partial charge in [-0.1, -0.05) is 43.6 Å². The van der Waals surface area contributed by atoms with Crippen molar-refractivity contribution >= 4 is 28.9 Å². The average Bonchev–Trinajstić information content (AvgIpc) is 2.78. The van der Waals surface area contributed by atoms with Crippen molar-refractivity contribution in [2.75, 3.05) is 17.7 Å². The number of hydrogen-bond donors (Lipinski definition) is 2. The Morgan fingerprint density at radius 3 is 2.34 bits per heavy atom. The van der Waals surface area contributed by atoms with Crippen molar-refractivity contribution in [1.29, 1.82) is 0 Å². The molecule has 5 nitrogen and oxygen atoms in total. The van der Waals surface area contributed by atoms with Gasteiger partial charge in [-0.3, -0.25) is 4.79 Å². The van der Waals surface area contributed by atoms with E-state index in [9.17, 15) is 9.18 Å². The lowest BCUT2D eigenvalue weighted by molar-refractivity contribution is -0.118. The molecule has 0 heterocycles. The fourth-order valence-corrected chi connectivity index (χ4v) is 3.13. The zero-order valence-corrected chi connectivity index (χ0v) is 19.0. The van der Waals surface area contributed by atoms with Gasteiger partial charge in [0.2, 0.25) is 5.91 Å². The molecule has 2 N–H and O–H groups in total. The summed E-state index contributed by atoms with van der Waals surface area (Å²) in [4.78, 5) is 11.8. The predicted molar refractivity (Wildman–Crippen MR) is 126 cm³/mol. The van der Waals surface area contributed by atoms with E-state index in [0.717, 1.165) is 16.9 Å². The standard InChI is InChI=1S/C25H26ClFN2O3/c1-16(2)25(30)29-20-10-8-19(9-11-20)28-14-18-12-23(31-3)24(13-21(18)26)32-15-17-6-4-5-7-22(17)27/h4-13,16,28H,14-15H2,1-3H3,(H,29,30). The maximum atomic E-state index is 13.8. The van der Waals surface area contributed by atoms with Gasteiger partial charge in [0, 0.05) is 40.5 Å². The van der Waals surface area contributed by atoms with Crippen molar-refractivity contribution < 1.29 is 18.7 Å². The summed E-state index contributed by atoms with van der Waals surface area (Å²) >= 11 is 6.45. The Labute approximate surface area is 192 Å². The molecule has 0 fully saturated rings. The van der Waals surface area contributed by atoms with Gasteiger partial charge < -0.3 is 20.1 Å². The minimum Gasteiger partial charge on any atom is -0.493 e. The molecule has 3 rings (SSSR count). The molecule has 0 aromatic heterocycles. The summed E-state index contributed by atoms with van der Waals surface area (Å²) in [6.45, 7) is 4.22. The van der Waals surface area contributed by atoms with Gasteiger partial charge in [-0.25, -0.2) is 4.39 Å². The van der Waals surface area contributed by atoms with Crippen molar-refractivity contribution in [3.05, 3.63) is 82.6 Å². The van der Waals surface area contributed by atoms with Crippen molar-refractivity contribution in [1.82, 2.24) is 0 Å². The summed E-state index contributed by atoms with van der Waals surface area (Å²) in [5.41, 5.74) is 2.89. The first-order valence-electron chi connectivity index (χ1n) is 10.2. The third-order valence-corrected chi connectivity index (χ3v) is 5.19. The summed E-state index contributed by atoms with van der Waals surface area (Å²) in [6, 6.07) is 17.4. The smallest absolute Gasteiger partial charge is 0.226 e. The molecule has 0 aliphatic rings. The number of nitrogens with one attached hydrogen (secondary N) is 2. The molecule has 1 amide bonds. The Morgan fingerprint density at radius 1 is 1.00 bits per heavy atom. The Kier molecular flexibility index (Phi) is 7.95. The second kappa shape index (κ2) is 10.9. The summed E-state index contributed by atoms with van der Waals surface area (Å²) in [5.74, 6) is 0.516. The number of benzene rings is 3. The van der Waals surface area contributed by atoms with Gasteiger partial charge in [0.15, 0.2) is 11.5 Å². The first-order chi connectivity index (χ1) is 15.4. The van der Waals surface area contributed by atoms with Crippen LogP contribution in [0.2, 0.25) is 5.02 Å². The first-order valence-corrected chi connectivity index (χ1v) is 10.6. The monoisotopic (exact) mass is 456 g/mol. The molecule has 3 aromatic rings. The molecule has 0 aliphatic carbocycles. The molecular weight excluding hydrogens is 431 g/mol. The van der Waals surface area contributed by atoms with E-state index in [1.54, 1.807) is 37.4 Å². The number of methoxy groups -OCH3 is 1. The third kappa shape index (κ3) is 6.14. The van der Waals surface area contributed by atoms with Gasteiger partial charge in [-0.15, -0.1) is 0 Å². The summed E-state index contributed by atoms with van der Waals surface area (Å²) in [7, 11) is 1.54. The normalized spacial score (nSPS) is 10.7. The number of ether oxygens (including phenoxy) is 2. The molecule has 168 valence electrons. The summed E-state index contributed by atoms with van der Waals surface area (Å²) in [5, 5.41) is 6.66. The van der Waals surface area contributed by atoms with Crippen LogP contribution >= 0.6 is 11.6 Å². The second-order valence-electron chi connectivity index (χ2n) is 7.55. The van der Waals surface area contributed by atoms with Gasteiger partial charge in [0.1, 0.15) is 12.4 Å². The topological polar surface area (TPSA) is 59.6 Å². The lowest BCUT2D eigenvalue weighted by atomic mass is 10.1. The van der Waals surface area contributed by atoms with E-state index in [0.29, 0.717) is 28.6 Å². The van der Waals surface area contributed by atoms with Crippen LogP contribution in [0.15, 0.2) is 60.7 Å². The number of halogens is 2. The minimum atomic E-state index is -0.326. The van der Waals surface area contributed by atoms with Crippen LogP contribution in [0.5, 0.6) is 11.5 Å². The van der Waals surface area contributed by atoms with E-state index in [1.165, 1.54) is 6.07 Å². The van der Waals surface area contributed by atoms with E-state index in [-0.39, 0.29) is 24.2 Å². The molecule has 0 bridgehead atoms. The first kappa shape index (κ1) is 23.4. The van der Waals surface area contributed by atoms with Gasteiger partial charge in [0.25, 0.3) is 0 Å². The zero-order valence-electron chi connectivity index (χ0n) is 18.2. The summed E-state index contributed by atoms with van der Waals surface area (Å²) < 4.78 is 25.0. The number of amides is 1. The van der Waals surface area contributed by atoms with Crippen LogP contribution < -0.4 is 20.1 Å². The zero-order chi connectivity index (χ0) is 23.1. The number of anilines is 2. The SMILES string of the molecule is COc1cc(CNc2ccc(NC(=O)C(C)C)cc2)c(Cl)cc1OCc1ccccc1F. The molecule has 3 aromatic carbocycles. The quantitative estimate of drug-likeness (QED) is 0.398. The fraction of sp³-hybridized carbons (Fsp3) is 0.240. The maximum absolute atomic E-state index is 13.8. The van der Waals surface area contributed by atoms with Crippen molar-refractivity contribution in [2.24, 2.45) is 5.92 Å². The van der Waals surface area contributed by atoms with E-state index >= 15 is 0 Å². The van der Waals surface area contributed by atoms with Crippen LogP contribution in [-0.2, 0) is 17.9 Å². The van der Waals surface area contributed by atoms with E-state index < -0.39 is 0 Å². The number of hydrogen-bond acceptors (Lipinski definition) is 4. The van der Waals surface area contributed by atoms with Crippen molar-refractivity contribution in [2.45, 2.75) is 27.0 Å². The highest BCUT2D eigenvalue weighted by Gasteiger charge is 2.12. The fourth-order valence-electron chi connectivity index (χ4n) is 2.91. The van der Waals surface area contributed by atoms with Crippen LogP contribution in [-0.4, -0.2) is 13.0 Å². The lowest BCUT2D eigenvalue weighted by Gasteiger charge is -2.15. The average molecular weight is 457 g/mol. The molecule has 0 saturated heterocycles. The molecule has 7 heteroatoms. The molecule has 0 atom stereocenters. The Morgan fingerprint density at radius 2 is 1.69 bits per heavy atom. The Hall–Kier alpha value is -3.25. The highest BCUT2D eigenvalue weighted by atomic mass is 35.5. The Balaban J connectivity index is 1.64. The molecular formula is C25H26ClFN2O3. The van der Waals surface area contributed by atoms with Gasteiger partial charge >= 0.3 is 0 Å². The van der Waals surface area contributed by atoms with Crippen LogP contribution in [0.3, 0.4) is 0 Å². The molecule has 0 spiro atoms. The Bertz CT molecular complexity index is 1070. The number of carbonyl (C=O) groups excluding carboxylic acids is 1. The summed E-state index contributed by atoms with van der Waals surface area (Å²) in [6.07, 6.45) is 0. The minimum absolute atomic E-state index is 0.0260. The molecule has 32 heavy (non-hydrogen) atoms. The van der Waals surface area contributed by atoms with Crippen LogP contribution in [0.1, 0.15) is 25.0 Å². The van der Waals surface area contributed by atoms with Crippen molar-refractivity contribution in [3.8, 4) is 11.5 Å². The molecule has 0 saturated carbocycles. The largest absolute Gasteiger partial charge is 0.493 e. The highest BCUT2D eigenvalue weighted by Crippen LogP contribution is 2.34. The lowest BCUT2D eigenvalue weighted by Crippen LogP contribution is -2.17. The van der Waals surface area contributed by atoms with Crippen LogP contribution in [0.4, 0.5) is 15.8 Å². The van der Waals surface area contributed by atoms with Crippen molar-refractivity contribution in [3.63, 3.8) is 0 Å². The van der Waals surface area contributed by atoms with Gasteiger partial charge in [-0.2, -0.15) is 0 Å². The van der Waals surface area contributed by atoms with E-state index in [2.05, 4.69) is 10.6 Å². The second-order valence-corrected chi connectivity index (χ2v) is 7.96. The maximum Gasteiger partial charge on any atom is 0.226 e. The van der Waals surface area contributed by atoms with Gasteiger partial charge in [0.05, 0.1) is 7.11 Å². The van der Waals surface area contributed by atoms with Crippen LogP contribution in [0, 0.1) is 11.7 Å². The van der Waals surface area contributed by atoms with Crippen LogP contribution in [0.25, 0.3) is 0 Å².